The molecule has 0 aromatic carbocycles. The highest BCUT2D eigenvalue weighted by Crippen LogP contribution is 2.16. The zero-order chi connectivity index (χ0) is 13.1. The summed E-state index contributed by atoms with van der Waals surface area (Å²) < 4.78 is 5.12. The van der Waals surface area contributed by atoms with E-state index in [4.69, 9.17) is 16.3 Å². The van der Waals surface area contributed by atoms with Crippen LogP contribution in [-0.4, -0.2) is 17.1 Å². The molecule has 1 aliphatic heterocycles. The van der Waals surface area contributed by atoms with Crippen molar-refractivity contribution in [1.82, 2.24) is 4.90 Å². The number of hydrogen-bond donors (Lipinski definition) is 0. The zero-order valence-corrected chi connectivity index (χ0v) is 12.5. The summed E-state index contributed by atoms with van der Waals surface area (Å²) >= 11 is 5.94. The van der Waals surface area contributed by atoms with Crippen molar-refractivity contribution in [2.24, 2.45) is 0 Å². The molecular weight excluding hydrogens is 246 g/mol. The maximum absolute atomic E-state index is 5.94. The number of hydrogen-bond acceptors (Lipinski definition) is 2. The summed E-state index contributed by atoms with van der Waals surface area (Å²) in [4.78, 5) is 2.05. The molecule has 0 bridgehead atoms. The average Bonchev–Trinajstić information content (AvgIpc) is 2.77. The Hall–Kier alpha value is -0.370. The van der Waals surface area contributed by atoms with Crippen molar-refractivity contribution in [2.75, 3.05) is 6.54 Å². The van der Waals surface area contributed by atoms with Crippen LogP contribution in [0.1, 0.15) is 71.1 Å². The van der Waals surface area contributed by atoms with Crippen LogP contribution in [0.4, 0.5) is 0 Å². The molecule has 0 radical (unpaired) electrons. The average molecular weight is 274 g/mol. The minimum atomic E-state index is -0.274. The van der Waals surface area contributed by atoms with Crippen molar-refractivity contribution >= 4 is 11.6 Å². The standard InChI is InChI=1S/C15H28ClNO/c1-2-3-4-5-6-7-8-9-10-11-12-17-13-14-18-15(17)16/h13-15H,2-12H2,1H3. The van der Waals surface area contributed by atoms with Gasteiger partial charge in [0.15, 0.2) is 0 Å². The Labute approximate surface area is 117 Å². The highest BCUT2D eigenvalue weighted by molar-refractivity contribution is 6.19. The van der Waals surface area contributed by atoms with Crippen molar-refractivity contribution in [3.8, 4) is 0 Å². The number of ether oxygens (including phenoxy) is 1. The molecule has 1 aliphatic rings. The van der Waals surface area contributed by atoms with E-state index in [1.165, 1.54) is 64.2 Å². The van der Waals surface area contributed by atoms with Crippen LogP contribution >= 0.6 is 11.6 Å². The first kappa shape index (κ1) is 15.7. The lowest BCUT2D eigenvalue weighted by molar-refractivity contribution is 0.129. The van der Waals surface area contributed by atoms with Gasteiger partial charge in [0, 0.05) is 12.7 Å². The van der Waals surface area contributed by atoms with Crippen molar-refractivity contribution < 1.29 is 4.74 Å². The van der Waals surface area contributed by atoms with Gasteiger partial charge in [0.2, 0.25) is 5.69 Å². The molecule has 3 heteroatoms. The Morgan fingerprint density at radius 2 is 1.50 bits per heavy atom. The second kappa shape index (κ2) is 10.5. The van der Waals surface area contributed by atoms with E-state index in [9.17, 15) is 0 Å². The molecule has 1 unspecified atom stereocenters. The molecule has 0 saturated carbocycles. The Balaban J connectivity index is 1.77. The maximum Gasteiger partial charge on any atom is 0.249 e. The van der Waals surface area contributed by atoms with E-state index in [1.54, 1.807) is 6.26 Å². The second-order valence-corrected chi connectivity index (χ2v) is 5.51. The molecule has 1 heterocycles. The number of halogens is 1. The van der Waals surface area contributed by atoms with Gasteiger partial charge in [-0.2, -0.15) is 0 Å². The quantitative estimate of drug-likeness (QED) is 0.290. The summed E-state index contributed by atoms with van der Waals surface area (Å²) in [5, 5.41) is 0. The van der Waals surface area contributed by atoms with Gasteiger partial charge in [0.05, 0.1) is 0 Å². The smallest absolute Gasteiger partial charge is 0.249 e. The van der Waals surface area contributed by atoms with E-state index < -0.39 is 0 Å². The molecule has 1 rings (SSSR count). The third kappa shape index (κ3) is 7.15. The lowest BCUT2D eigenvalue weighted by Crippen LogP contribution is -2.23. The summed E-state index contributed by atoms with van der Waals surface area (Å²) in [5.74, 6) is 0. The summed E-state index contributed by atoms with van der Waals surface area (Å²) in [6.07, 6.45) is 17.3. The highest BCUT2D eigenvalue weighted by atomic mass is 35.5. The molecular formula is C15H28ClNO. The van der Waals surface area contributed by atoms with Crippen LogP contribution in [0.25, 0.3) is 0 Å². The molecule has 2 nitrogen and oxygen atoms in total. The fraction of sp³-hybridized carbons (Fsp3) is 0.867. The van der Waals surface area contributed by atoms with Gasteiger partial charge in [0.25, 0.3) is 0 Å². The number of rotatable bonds is 11. The molecule has 0 spiro atoms. The zero-order valence-electron chi connectivity index (χ0n) is 11.7. The molecule has 1 atom stereocenters. The lowest BCUT2D eigenvalue weighted by Gasteiger charge is -2.18. The fourth-order valence-corrected chi connectivity index (χ4v) is 2.50. The summed E-state index contributed by atoms with van der Waals surface area (Å²) in [6, 6.07) is 0. The normalized spacial score (nSPS) is 18.3. The molecule has 18 heavy (non-hydrogen) atoms. The van der Waals surface area contributed by atoms with Gasteiger partial charge in [-0.3, -0.25) is 0 Å². The van der Waals surface area contributed by atoms with Crippen LogP contribution in [0.5, 0.6) is 0 Å². The third-order valence-electron chi connectivity index (χ3n) is 3.47. The van der Waals surface area contributed by atoms with Crippen LogP contribution in [0, 0.1) is 0 Å². The SMILES string of the molecule is CCCCCCCCCCCCN1C=COC1Cl. The molecule has 0 aliphatic carbocycles. The fourth-order valence-electron chi connectivity index (χ4n) is 2.28. The van der Waals surface area contributed by atoms with Crippen LogP contribution in [0.2, 0.25) is 0 Å². The number of nitrogens with zero attached hydrogens (tertiary/aromatic N) is 1. The molecule has 0 aromatic heterocycles. The van der Waals surface area contributed by atoms with E-state index in [1.807, 2.05) is 11.1 Å². The van der Waals surface area contributed by atoms with Crippen molar-refractivity contribution in [3.05, 3.63) is 12.5 Å². The van der Waals surface area contributed by atoms with Gasteiger partial charge in [-0.1, -0.05) is 76.3 Å². The van der Waals surface area contributed by atoms with Crippen molar-refractivity contribution in [1.29, 1.82) is 0 Å². The first-order valence-corrected chi connectivity index (χ1v) is 8.00. The van der Waals surface area contributed by atoms with E-state index in [-0.39, 0.29) is 5.69 Å². The van der Waals surface area contributed by atoms with E-state index in [0.717, 1.165) is 6.54 Å². The van der Waals surface area contributed by atoms with Crippen LogP contribution in [0.3, 0.4) is 0 Å². The molecule has 0 saturated heterocycles. The lowest BCUT2D eigenvalue weighted by atomic mass is 10.1. The minimum Gasteiger partial charge on any atom is -0.463 e. The number of unbranched alkanes of at least 4 members (excludes halogenated alkanes) is 9. The highest BCUT2D eigenvalue weighted by Gasteiger charge is 2.15. The summed E-state index contributed by atoms with van der Waals surface area (Å²) in [7, 11) is 0. The molecule has 0 fully saturated rings. The van der Waals surface area contributed by atoms with E-state index in [0.29, 0.717) is 0 Å². The monoisotopic (exact) mass is 273 g/mol. The van der Waals surface area contributed by atoms with Crippen LogP contribution < -0.4 is 0 Å². The van der Waals surface area contributed by atoms with Gasteiger partial charge in [0.1, 0.15) is 6.26 Å². The Bertz CT molecular complexity index is 221. The van der Waals surface area contributed by atoms with Crippen LogP contribution in [0.15, 0.2) is 12.5 Å². The van der Waals surface area contributed by atoms with Crippen LogP contribution in [-0.2, 0) is 4.74 Å². The largest absolute Gasteiger partial charge is 0.463 e. The third-order valence-corrected chi connectivity index (χ3v) is 3.83. The van der Waals surface area contributed by atoms with E-state index >= 15 is 0 Å². The number of alkyl halides is 1. The maximum atomic E-state index is 5.94. The Morgan fingerprint density at radius 1 is 0.944 bits per heavy atom. The van der Waals surface area contributed by atoms with Gasteiger partial charge < -0.3 is 9.64 Å². The van der Waals surface area contributed by atoms with Gasteiger partial charge >= 0.3 is 0 Å². The Morgan fingerprint density at radius 3 is 2.00 bits per heavy atom. The predicted octanol–water partition coefficient (Wildman–Crippen LogP) is 5.23. The van der Waals surface area contributed by atoms with Gasteiger partial charge in [-0.05, 0) is 6.42 Å². The van der Waals surface area contributed by atoms with E-state index in [2.05, 4.69) is 6.92 Å². The first-order chi connectivity index (χ1) is 8.84. The van der Waals surface area contributed by atoms with Gasteiger partial charge in [-0.25, -0.2) is 0 Å². The summed E-state index contributed by atoms with van der Waals surface area (Å²) in [6.45, 7) is 3.28. The van der Waals surface area contributed by atoms with Crippen molar-refractivity contribution in [2.45, 2.75) is 76.8 Å². The molecule has 0 aromatic rings. The topological polar surface area (TPSA) is 12.5 Å². The molecule has 0 amide bonds. The molecule has 0 N–H and O–H groups in total. The molecule has 106 valence electrons. The predicted molar refractivity (Wildman–Crippen MR) is 78.4 cm³/mol. The second-order valence-electron chi connectivity index (χ2n) is 5.13. The van der Waals surface area contributed by atoms with Crippen molar-refractivity contribution in [3.63, 3.8) is 0 Å². The summed E-state index contributed by atoms with van der Waals surface area (Å²) in [5.41, 5.74) is -0.274. The Kier molecular flexibility index (Phi) is 9.19. The first-order valence-electron chi connectivity index (χ1n) is 7.56. The minimum absolute atomic E-state index is 0.274. The van der Waals surface area contributed by atoms with Gasteiger partial charge in [-0.15, -0.1) is 0 Å².